The first-order valence-electron chi connectivity index (χ1n) is 10.4. The molecule has 33 heavy (non-hydrogen) atoms. The number of hydrogen-bond acceptors (Lipinski definition) is 3. The van der Waals surface area contributed by atoms with Gasteiger partial charge in [-0.15, -0.1) is 0 Å². The number of hydrogen-bond donors (Lipinski definition) is 1. The van der Waals surface area contributed by atoms with Crippen LogP contribution in [-0.2, 0) is 17.8 Å². The third-order valence-electron chi connectivity index (χ3n) is 5.35. The predicted molar refractivity (Wildman–Crippen MR) is 122 cm³/mol. The zero-order chi connectivity index (χ0) is 23.5. The second-order valence-electron chi connectivity index (χ2n) is 7.60. The van der Waals surface area contributed by atoms with Crippen molar-refractivity contribution in [1.29, 1.82) is 0 Å². The topological polar surface area (TPSA) is 68.2 Å². The van der Waals surface area contributed by atoms with Gasteiger partial charge < -0.3 is 9.88 Å². The first-order valence-corrected chi connectivity index (χ1v) is 10.4. The minimum atomic E-state index is -0.626. The van der Waals surface area contributed by atoms with Gasteiger partial charge in [-0.05, 0) is 54.4 Å². The highest BCUT2D eigenvalue weighted by molar-refractivity contribution is 6.10. The minimum Gasteiger partial charge on any atom is -0.337 e. The Labute approximate surface area is 188 Å². The van der Waals surface area contributed by atoms with E-state index in [-0.39, 0.29) is 17.5 Å². The summed E-state index contributed by atoms with van der Waals surface area (Å²) in [6, 6.07) is 15.8. The van der Waals surface area contributed by atoms with Crippen LogP contribution < -0.4 is 10.7 Å². The van der Waals surface area contributed by atoms with Crippen molar-refractivity contribution in [2.24, 2.45) is 0 Å². The Morgan fingerprint density at radius 1 is 0.909 bits per heavy atom. The van der Waals surface area contributed by atoms with Gasteiger partial charge in [-0.25, -0.2) is 8.78 Å². The first-order chi connectivity index (χ1) is 15.9. The fraction of sp³-hybridized carbons (Fsp3) is 0.115. The summed E-state index contributed by atoms with van der Waals surface area (Å²) in [6.45, 7) is 1.75. The van der Waals surface area contributed by atoms with Crippen LogP contribution in [0.4, 0.5) is 14.5 Å². The number of anilines is 1. The Bertz CT molecular complexity index is 1410. The first kappa shape index (κ1) is 22.1. The van der Waals surface area contributed by atoms with E-state index in [0.29, 0.717) is 16.8 Å². The van der Waals surface area contributed by atoms with Gasteiger partial charge >= 0.3 is 0 Å². The summed E-state index contributed by atoms with van der Waals surface area (Å²) in [5, 5.41) is 2.64. The van der Waals surface area contributed by atoms with E-state index in [4.69, 9.17) is 0 Å². The molecule has 4 rings (SSSR count). The van der Waals surface area contributed by atoms with E-state index in [9.17, 15) is 23.2 Å². The third kappa shape index (κ3) is 4.72. The second kappa shape index (κ2) is 9.16. The number of carbonyl (C=O) groups is 2. The van der Waals surface area contributed by atoms with Crippen LogP contribution in [0.3, 0.4) is 0 Å². The number of halogens is 2. The molecule has 3 aromatic carbocycles. The molecule has 5 nitrogen and oxygen atoms in total. The number of carbonyl (C=O) groups excluding carboxylic acids is 2. The average molecular weight is 446 g/mol. The Kier molecular flexibility index (Phi) is 6.13. The van der Waals surface area contributed by atoms with Gasteiger partial charge in [0.15, 0.2) is 5.78 Å². The molecule has 1 N–H and O–H groups in total. The van der Waals surface area contributed by atoms with Gasteiger partial charge in [0, 0.05) is 22.8 Å². The number of nitrogens with zero attached hydrogens (tertiary/aromatic N) is 1. The molecule has 4 aromatic rings. The van der Waals surface area contributed by atoms with Gasteiger partial charge in [-0.1, -0.05) is 31.2 Å². The minimum absolute atomic E-state index is 0.000565. The molecule has 0 saturated carbocycles. The molecule has 1 heterocycles. The van der Waals surface area contributed by atoms with Crippen LogP contribution in [0.5, 0.6) is 0 Å². The zero-order valence-corrected chi connectivity index (χ0v) is 17.8. The summed E-state index contributed by atoms with van der Waals surface area (Å²) in [6.07, 6.45) is 2.13. The summed E-state index contributed by atoms with van der Waals surface area (Å²) >= 11 is 0. The van der Waals surface area contributed by atoms with E-state index in [2.05, 4.69) is 5.32 Å². The van der Waals surface area contributed by atoms with E-state index < -0.39 is 28.8 Å². The second-order valence-corrected chi connectivity index (χ2v) is 7.60. The highest BCUT2D eigenvalue weighted by atomic mass is 19.1. The molecule has 0 fully saturated rings. The molecule has 1 aromatic heterocycles. The van der Waals surface area contributed by atoms with Crippen LogP contribution in [0.1, 0.15) is 28.4 Å². The molecule has 0 bridgehead atoms. The molecule has 0 radical (unpaired) electrons. The van der Waals surface area contributed by atoms with Crippen molar-refractivity contribution in [1.82, 2.24) is 4.57 Å². The number of aryl methyl sites for hydroxylation is 1. The number of amides is 1. The maximum absolute atomic E-state index is 13.9. The van der Waals surface area contributed by atoms with Crippen LogP contribution in [0.2, 0.25) is 0 Å². The van der Waals surface area contributed by atoms with Crippen LogP contribution in [0, 0.1) is 11.6 Å². The number of aromatic nitrogens is 1. The van der Waals surface area contributed by atoms with Crippen molar-refractivity contribution < 1.29 is 18.4 Å². The van der Waals surface area contributed by atoms with Crippen molar-refractivity contribution >= 4 is 28.3 Å². The molecule has 0 spiro atoms. The van der Waals surface area contributed by atoms with Crippen molar-refractivity contribution in [3.05, 3.63) is 111 Å². The fourth-order valence-corrected chi connectivity index (χ4v) is 3.60. The number of rotatable bonds is 6. The van der Waals surface area contributed by atoms with E-state index in [1.54, 1.807) is 12.1 Å². The Morgan fingerprint density at radius 2 is 1.58 bits per heavy atom. The lowest BCUT2D eigenvalue weighted by molar-refractivity contribution is -0.116. The Balaban J connectivity index is 1.74. The smallest absolute Gasteiger partial charge is 0.244 e. The molecule has 1 amide bonds. The molecule has 166 valence electrons. The predicted octanol–water partition coefficient (Wildman–Crippen LogP) is 4.71. The normalized spacial score (nSPS) is 10.9. The van der Waals surface area contributed by atoms with Crippen LogP contribution in [0.25, 0.3) is 10.9 Å². The molecular weight excluding hydrogens is 426 g/mol. The summed E-state index contributed by atoms with van der Waals surface area (Å²) in [5.74, 6) is -2.03. The summed E-state index contributed by atoms with van der Waals surface area (Å²) in [5.41, 5.74) is 1.30. The summed E-state index contributed by atoms with van der Waals surface area (Å²) < 4.78 is 28.5. The van der Waals surface area contributed by atoms with Gasteiger partial charge in [0.1, 0.15) is 18.2 Å². The highest BCUT2D eigenvalue weighted by Gasteiger charge is 2.19. The molecule has 0 aliphatic rings. The van der Waals surface area contributed by atoms with Crippen LogP contribution in [-0.4, -0.2) is 16.3 Å². The molecular formula is C26H20F2N2O3. The maximum Gasteiger partial charge on any atom is 0.244 e. The molecule has 0 aliphatic heterocycles. The lowest BCUT2D eigenvalue weighted by Gasteiger charge is -2.14. The molecule has 0 atom stereocenters. The molecule has 0 aliphatic carbocycles. The van der Waals surface area contributed by atoms with Gasteiger partial charge in [0.05, 0.1) is 11.1 Å². The van der Waals surface area contributed by atoms with E-state index in [0.717, 1.165) is 18.1 Å². The maximum atomic E-state index is 13.9. The van der Waals surface area contributed by atoms with Crippen LogP contribution >= 0.6 is 0 Å². The van der Waals surface area contributed by atoms with Gasteiger partial charge in [-0.2, -0.15) is 0 Å². The summed E-state index contributed by atoms with van der Waals surface area (Å²) in [4.78, 5) is 38.8. The standard InChI is InChI=1S/C26H20F2N2O3/c1-2-16-3-5-17(6-4-16)25(32)22-14-30(23-12-9-19(28)13-21(23)26(22)33)15-24(31)29-20-10-7-18(27)8-11-20/h3-14H,2,15H2,1H3,(H,29,31). The number of nitrogens with one attached hydrogen (secondary N) is 1. The lowest BCUT2D eigenvalue weighted by atomic mass is 10.0. The fourth-order valence-electron chi connectivity index (χ4n) is 3.60. The van der Waals surface area contributed by atoms with Crippen molar-refractivity contribution in [3.63, 3.8) is 0 Å². The van der Waals surface area contributed by atoms with Gasteiger partial charge in [0.25, 0.3) is 0 Å². The van der Waals surface area contributed by atoms with E-state index >= 15 is 0 Å². The number of fused-ring (bicyclic) bond motifs is 1. The monoisotopic (exact) mass is 446 g/mol. The average Bonchev–Trinajstić information content (AvgIpc) is 2.82. The van der Waals surface area contributed by atoms with Crippen molar-refractivity contribution in [3.8, 4) is 0 Å². The Hall–Kier alpha value is -4.13. The summed E-state index contributed by atoms with van der Waals surface area (Å²) in [7, 11) is 0. The van der Waals surface area contributed by atoms with Crippen molar-refractivity contribution in [2.75, 3.05) is 5.32 Å². The number of pyridine rings is 1. The van der Waals surface area contributed by atoms with Crippen molar-refractivity contribution in [2.45, 2.75) is 19.9 Å². The molecule has 7 heteroatoms. The van der Waals surface area contributed by atoms with Crippen LogP contribution in [0.15, 0.2) is 77.7 Å². The number of ketones is 1. The lowest BCUT2D eigenvalue weighted by Crippen LogP contribution is -2.24. The highest BCUT2D eigenvalue weighted by Crippen LogP contribution is 2.17. The molecule has 0 unspecified atom stereocenters. The zero-order valence-electron chi connectivity index (χ0n) is 17.8. The van der Waals surface area contributed by atoms with E-state index in [1.807, 2.05) is 19.1 Å². The quantitative estimate of drug-likeness (QED) is 0.436. The third-order valence-corrected chi connectivity index (χ3v) is 5.35. The SMILES string of the molecule is CCc1ccc(C(=O)c2cn(CC(=O)Nc3ccc(F)cc3)c3ccc(F)cc3c2=O)cc1. The largest absolute Gasteiger partial charge is 0.337 e. The number of benzene rings is 3. The van der Waals surface area contributed by atoms with Gasteiger partial charge in [-0.3, -0.25) is 14.4 Å². The van der Waals surface area contributed by atoms with Gasteiger partial charge in [0.2, 0.25) is 11.3 Å². The Morgan fingerprint density at radius 3 is 2.24 bits per heavy atom. The molecule has 0 saturated heterocycles. The van der Waals surface area contributed by atoms with E-state index in [1.165, 1.54) is 47.2 Å².